The molecule has 1 aliphatic heterocycles. The van der Waals surface area contributed by atoms with E-state index in [1.807, 2.05) is 18.2 Å². The number of anilines is 2. The number of hydrogen-bond donors (Lipinski definition) is 2. The van der Waals surface area contributed by atoms with Gasteiger partial charge in [0.05, 0.1) is 34.0 Å². The predicted molar refractivity (Wildman–Crippen MR) is 160 cm³/mol. The van der Waals surface area contributed by atoms with E-state index in [1.54, 1.807) is 27.2 Å². The zero-order valence-electron chi connectivity index (χ0n) is 24.0. The van der Waals surface area contributed by atoms with E-state index in [1.165, 1.54) is 0 Å². The summed E-state index contributed by atoms with van der Waals surface area (Å²) >= 11 is 0. The first-order valence-electron chi connectivity index (χ1n) is 14.2. The summed E-state index contributed by atoms with van der Waals surface area (Å²) in [5, 5.41) is 12.7. The van der Waals surface area contributed by atoms with Crippen LogP contribution in [0.15, 0.2) is 48.5 Å². The molecule has 1 aromatic heterocycles. The highest BCUT2D eigenvalue weighted by Gasteiger charge is 2.29. The van der Waals surface area contributed by atoms with E-state index in [0.29, 0.717) is 48.4 Å². The van der Waals surface area contributed by atoms with Crippen LogP contribution in [0.25, 0.3) is 11.1 Å². The molecule has 2 aliphatic rings. The molecule has 1 aliphatic carbocycles. The molecule has 9 nitrogen and oxygen atoms in total. The third kappa shape index (κ3) is 6.30. The lowest BCUT2D eigenvalue weighted by molar-refractivity contribution is 0.0519. The smallest absolute Gasteiger partial charge is 0.357 e. The van der Waals surface area contributed by atoms with Gasteiger partial charge in [0, 0.05) is 54.1 Å². The third-order valence-electron chi connectivity index (χ3n) is 7.78. The van der Waals surface area contributed by atoms with Crippen molar-refractivity contribution in [3.63, 3.8) is 0 Å². The van der Waals surface area contributed by atoms with Crippen molar-refractivity contribution in [3.05, 3.63) is 65.4 Å². The second-order valence-electron chi connectivity index (χ2n) is 10.2. The maximum atomic E-state index is 13.0. The number of pyridine rings is 1. The molecular weight excluding hydrogens is 520 g/mol. The normalized spacial score (nSPS) is 15.1. The molecule has 1 saturated carbocycles. The zero-order chi connectivity index (χ0) is 28.8. The molecule has 5 rings (SSSR count). The fourth-order valence-electron chi connectivity index (χ4n) is 5.23. The van der Waals surface area contributed by atoms with Crippen LogP contribution < -0.4 is 19.7 Å². The van der Waals surface area contributed by atoms with Crippen molar-refractivity contribution in [1.82, 2.24) is 4.98 Å². The molecule has 2 aromatic carbocycles. The average Bonchev–Trinajstić information content (AvgIpc) is 2.99. The Balaban J connectivity index is 1.57. The Hall–Kier alpha value is -4.11. The van der Waals surface area contributed by atoms with Crippen LogP contribution in [-0.4, -0.2) is 63.8 Å². The molecule has 0 amide bonds. The molecule has 0 spiro atoms. The topological polar surface area (TPSA) is 106 Å². The molecule has 216 valence electrons. The van der Waals surface area contributed by atoms with Crippen molar-refractivity contribution in [2.45, 2.75) is 32.7 Å². The first kappa shape index (κ1) is 28.4. The molecule has 9 heteroatoms. The number of morpholine rings is 1. The minimum atomic E-state index is -0.495. The van der Waals surface area contributed by atoms with Gasteiger partial charge in [0.2, 0.25) is 0 Å². The lowest BCUT2D eigenvalue weighted by atomic mass is 9.78. The zero-order valence-corrected chi connectivity index (χ0v) is 24.0. The summed E-state index contributed by atoms with van der Waals surface area (Å²) in [6.45, 7) is 5.53. The van der Waals surface area contributed by atoms with Crippen molar-refractivity contribution in [2.24, 2.45) is 5.92 Å². The summed E-state index contributed by atoms with van der Waals surface area (Å²) in [6, 6.07) is 15.7. The van der Waals surface area contributed by atoms with Gasteiger partial charge in [-0.05, 0) is 61.2 Å². The highest BCUT2D eigenvalue weighted by atomic mass is 16.5. The lowest BCUT2D eigenvalue weighted by Crippen LogP contribution is -2.36. The second-order valence-corrected chi connectivity index (χ2v) is 10.2. The number of nitrogens with one attached hydrogen (secondary N) is 2. The Kier molecular flexibility index (Phi) is 9.04. The molecule has 41 heavy (non-hydrogen) atoms. The average molecular weight is 559 g/mol. The van der Waals surface area contributed by atoms with Gasteiger partial charge in [0.1, 0.15) is 17.3 Å². The van der Waals surface area contributed by atoms with Crippen LogP contribution in [0.1, 0.15) is 47.8 Å². The number of ether oxygens (including phenoxy) is 4. The molecule has 3 aromatic rings. The van der Waals surface area contributed by atoms with Gasteiger partial charge in [-0.3, -0.25) is 0 Å². The largest absolute Gasteiger partial charge is 0.497 e. The van der Waals surface area contributed by atoms with Crippen molar-refractivity contribution in [3.8, 4) is 22.6 Å². The number of aromatic nitrogens is 1. The number of methoxy groups -OCH3 is 2. The van der Waals surface area contributed by atoms with E-state index in [9.17, 15) is 10.2 Å². The van der Waals surface area contributed by atoms with Crippen LogP contribution in [0.4, 0.5) is 11.5 Å². The van der Waals surface area contributed by atoms with E-state index in [2.05, 4.69) is 34.5 Å². The van der Waals surface area contributed by atoms with Crippen LogP contribution in [0.5, 0.6) is 11.5 Å². The summed E-state index contributed by atoms with van der Waals surface area (Å²) in [6.07, 6.45) is 3.05. The van der Waals surface area contributed by atoms with Gasteiger partial charge >= 0.3 is 5.97 Å². The fourth-order valence-corrected chi connectivity index (χ4v) is 5.23. The molecule has 0 radical (unpaired) electrons. The SMILES string of the molecule is CCOC(=O)c1cc(-c2ccc(N3CCOCC3)cc2)c(C(=N)C2CCC2)c(NCc2ccc(OC)cc2OC)n1. The van der Waals surface area contributed by atoms with E-state index in [-0.39, 0.29) is 18.2 Å². The molecular formula is C32H38N4O5. The number of esters is 1. The minimum absolute atomic E-state index is 0.160. The van der Waals surface area contributed by atoms with E-state index < -0.39 is 5.97 Å². The monoisotopic (exact) mass is 558 g/mol. The summed E-state index contributed by atoms with van der Waals surface area (Å²) in [7, 11) is 3.24. The molecule has 0 bridgehead atoms. The highest BCUT2D eigenvalue weighted by molar-refractivity contribution is 6.10. The van der Waals surface area contributed by atoms with Gasteiger partial charge < -0.3 is 34.6 Å². The summed E-state index contributed by atoms with van der Waals surface area (Å²) in [4.78, 5) is 20.0. The molecule has 2 heterocycles. The molecule has 1 saturated heterocycles. The van der Waals surface area contributed by atoms with Crippen molar-refractivity contribution < 1.29 is 23.7 Å². The number of hydrogen-bond acceptors (Lipinski definition) is 9. The summed E-state index contributed by atoms with van der Waals surface area (Å²) < 4.78 is 21.8. The summed E-state index contributed by atoms with van der Waals surface area (Å²) in [5.41, 5.74) is 5.18. The number of nitrogens with zero attached hydrogens (tertiary/aromatic N) is 2. The Morgan fingerprint density at radius 1 is 1.07 bits per heavy atom. The van der Waals surface area contributed by atoms with Crippen LogP contribution in [0, 0.1) is 11.3 Å². The molecule has 0 unspecified atom stereocenters. The molecule has 2 N–H and O–H groups in total. The predicted octanol–water partition coefficient (Wildman–Crippen LogP) is 5.56. The number of benzene rings is 2. The Labute approximate surface area is 241 Å². The van der Waals surface area contributed by atoms with E-state index >= 15 is 0 Å². The first-order valence-corrected chi connectivity index (χ1v) is 14.2. The van der Waals surface area contributed by atoms with Gasteiger partial charge in [0.25, 0.3) is 0 Å². The highest BCUT2D eigenvalue weighted by Crippen LogP contribution is 2.38. The van der Waals surface area contributed by atoms with E-state index in [4.69, 9.17) is 23.9 Å². The van der Waals surface area contributed by atoms with Gasteiger partial charge in [-0.2, -0.15) is 0 Å². The Bertz CT molecular complexity index is 1380. The maximum Gasteiger partial charge on any atom is 0.357 e. The number of rotatable bonds is 11. The van der Waals surface area contributed by atoms with Gasteiger partial charge in [0.15, 0.2) is 5.69 Å². The maximum absolute atomic E-state index is 13.0. The Morgan fingerprint density at radius 2 is 1.83 bits per heavy atom. The van der Waals surface area contributed by atoms with E-state index in [0.717, 1.165) is 54.7 Å². The summed E-state index contributed by atoms with van der Waals surface area (Å²) in [5.74, 6) is 1.52. The van der Waals surface area contributed by atoms with Crippen LogP contribution in [0.2, 0.25) is 0 Å². The van der Waals surface area contributed by atoms with Crippen molar-refractivity contribution in [2.75, 3.05) is 57.3 Å². The quantitative estimate of drug-likeness (QED) is 0.233. The van der Waals surface area contributed by atoms with Crippen molar-refractivity contribution >= 4 is 23.2 Å². The lowest BCUT2D eigenvalue weighted by Gasteiger charge is -2.30. The first-order chi connectivity index (χ1) is 20.0. The third-order valence-corrected chi connectivity index (χ3v) is 7.78. The van der Waals surface area contributed by atoms with Crippen LogP contribution >= 0.6 is 0 Å². The van der Waals surface area contributed by atoms with Crippen molar-refractivity contribution in [1.29, 1.82) is 5.41 Å². The standard InChI is InChI=1S/C32H38N4O5/c1-4-41-32(37)27-19-26(21-8-11-24(12-9-21)36-14-16-40-17-15-36)29(30(33)22-6-5-7-22)31(35-27)34-20-23-10-13-25(38-2)18-28(23)39-3/h8-13,18-19,22,33H,4-7,14-17,20H2,1-3H3,(H,34,35). The van der Waals surface area contributed by atoms with Gasteiger partial charge in [-0.15, -0.1) is 0 Å². The molecule has 0 atom stereocenters. The van der Waals surface area contributed by atoms with Crippen LogP contribution in [-0.2, 0) is 16.0 Å². The minimum Gasteiger partial charge on any atom is -0.497 e. The Morgan fingerprint density at radius 3 is 2.46 bits per heavy atom. The van der Waals surface area contributed by atoms with Gasteiger partial charge in [-0.25, -0.2) is 9.78 Å². The fraction of sp³-hybridized carbons (Fsp3) is 0.406. The second kappa shape index (κ2) is 13.0. The molecule has 2 fully saturated rings. The number of carbonyl (C=O) groups is 1. The van der Waals surface area contributed by atoms with Gasteiger partial charge in [-0.1, -0.05) is 18.6 Å². The van der Waals surface area contributed by atoms with Crippen LogP contribution in [0.3, 0.4) is 0 Å². The number of carbonyl (C=O) groups excluding carboxylic acids is 1.